The maximum absolute atomic E-state index is 12.7. The molecule has 14 heteroatoms. The van der Waals surface area contributed by atoms with Crippen molar-refractivity contribution in [2.24, 2.45) is 0 Å². The van der Waals surface area contributed by atoms with Crippen molar-refractivity contribution in [3.63, 3.8) is 0 Å². The normalized spacial score (nSPS) is 11.6. The number of halogens is 3. The van der Waals surface area contributed by atoms with Gasteiger partial charge in [0.05, 0.1) is 38.0 Å². The average molecular weight is 570 g/mol. The summed E-state index contributed by atoms with van der Waals surface area (Å²) in [7, 11) is 0. The third-order valence-electron chi connectivity index (χ3n) is 4.73. The second kappa shape index (κ2) is 12.2. The van der Waals surface area contributed by atoms with E-state index in [4.69, 9.17) is 34.8 Å². The lowest BCUT2D eigenvalue weighted by Crippen LogP contribution is -2.29. The number of nitrogens with one attached hydrogen (secondary N) is 2. The number of carbonyl (C=O) groups excluding carboxylic acids is 2. The number of hydrogen-bond acceptors (Lipinski definition) is 7. The second-order valence-corrected chi connectivity index (χ2v) is 9.51. The first-order valence-corrected chi connectivity index (χ1v) is 12.4. The van der Waals surface area contributed by atoms with Crippen LogP contribution in [0.15, 0.2) is 54.2 Å². The predicted molar refractivity (Wildman–Crippen MR) is 140 cm³/mol. The van der Waals surface area contributed by atoms with Crippen molar-refractivity contribution in [2.45, 2.75) is 24.7 Å². The molecule has 0 aliphatic rings. The van der Waals surface area contributed by atoms with Gasteiger partial charge in [-0.05, 0) is 31.2 Å². The van der Waals surface area contributed by atoms with Crippen LogP contribution in [0.5, 0.6) is 0 Å². The molecular formula is C22H19Cl3N6O4S. The monoisotopic (exact) mass is 568 g/mol. The van der Waals surface area contributed by atoms with Crippen LogP contribution in [0.1, 0.15) is 29.1 Å². The highest BCUT2D eigenvalue weighted by atomic mass is 35.5. The summed E-state index contributed by atoms with van der Waals surface area (Å²) in [6.07, 6.45) is 1.63. The van der Waals surface area contributed by atoms with E-state index in [9.17, 15) is 19.7 Å². The summed E-state index contributed by atoms with van der Waals surface area (Å²) < 4.78 is 1.71. The Balaban J connectivity index is 1.70. The number of benzene rings is 2. The summed E-state index contributed by atoms with van der Waals surface area (Å²) in [5.41, 5.74) is 0.185. The van der Waals surface area contributed by atoms with Crippen molar-refractivity contribution >= 4 is 69.8 Å². The molecule has 3 aromatic rings. The minimum Gasteiger partial charge on any atom is -0.342 e. The molecule has 2 N–H and O–H groups in total. The summed E-state index contributed by atoms with van der Waals surface area (Å²) in [5, 5.41) is 25.9. The van der Waals surface area contributed by atoms with Crippen LogP contribution < -0.4 is 10.6 Å². The fraction of sp³-hybridized carbons (Fsp3) is 0.182. The van der Waals surface area contributed by atoms with E-state index in [0.717, 1.165) is 11.8 Å². The van der Waals surface area contributed by atoms with Crippen molar-refractivity contribution in [3.05, 3.63) is 85.6 Å². The van der Waals surface area contributed by atoms with E-state index in [1.807, 2.05) is 0 Å². The summed E-state index contributed by atoms with van der Waals surface area (Å²) in [6.45, 7) is 5.79. The molecule has 1 heterocycles. The van der Waals surface area contributed by atoms with E-state index in [0.29, 0.717) is 22.5 Å². The summed E-state index contributed by atoms with van der Waals surface area (Å²) >= 11 is 19.2. The molecule has 1 unspecified atom stereocenters. The van der Waals surface area contributed by atoms with E-state index in [-0.39, 0.29) is 32.7 Å². The molecule has 0 aliphatic heterocycles. The minimum absolute atomic E-state index is 0.0740. The van der Waals surface area contributed by atoms with Crippen LogP contribution in [-0.4, -0.2) is 37.3 Å². The Hall–Kier alpha value is -3.12. The Morgan fingerprint density at radius 3 is 2.61 bits per heavy atom. The van der Waals surface area contributed by atoms with Crippen molar-refractivity contribution < 1.29 is 14.5 Å². The zero-order valence-corrected chi connectivity index (χ0v) is 21.8. The Labute approximate surface area is 225 Å². The van der Waals surface area contributed by atoms with Gasteiger partial charge in [0.15, 0.2) is 11.0 Å². The molecule has 1 aromatic heterocycles. The van der Waals surface area contributed by atoms with Crippen molar-refractivity contribution in [3.8, 4) is 0 Å². The highest BCUT2D eigenvalue weighted by Crippen LogP contribution is 2.28. The number of amides is 2. The first-order chi connectivity index (χ1) is 17.1. The maximum Gasteiger partial charge on any atom is 0.271 e. The van der Waals surface area contributed by atoms with Gasteiger partial charge in [-0.3, -0.25) is 19.7 Å². The largest absolute Gasteiger partial charge is 0.342 e. The van der Waals surface area contributed by atoms with Gasteiger partial charge in [0, 0.05) is 23.7 Å². The molecule has 0 saturated carbocycles. The van der Waals surface area contributed by atoms with Crippen LogP contribution in [0.4, 0.5) is 11.4 Å². The molecular weight excluding hydrogens is 551 g/mol. The predicted octanol–water partition coefficient (Wildman–Crippen LogP) is 5.55. The SMILES string of the molecule is C=CCn1c(SCC(=O)Nc2cc([N+](=O)[O-])ccc2Cl)nnc1C(C)NC(=O)c1ccc(Cl)cc1Cl. The summed E-state index contributed by atoms with van der Waals surface area (Å²) in [4.78, 5) is 35.6. The Bertz CT molecular complexity index is 1330. The van der Waals surface area contributed by atoms with Crippen LogP contribution in [0.3, 0.4) is 0 Å². The van der Waals surface area contributed by atoms with Gasteiger partial charge in [-0.15, -0.1) is 16.8 Å². The van der Waals surface area contributed by atoms with Gasteiger partial charge < -0.3 is 15.2 Å². The van der Waals surface area contributed by atoms with Gasteiger partial charge in [0.25, 0.3) is 11.6 Å². The van der Waals surface area contributed by atoms with Crippen LogP contribution in [-0.2, 0) is 11.3 Å². The standard InChI is InChI=1S/C22H19Cl3N6O4S/c1-3-8-30-20(12(2)26-21(33)15-6-4-13(23)9-17(15)25)28-29-22(30)36-11-19(32)27-18-10-14(31(34)35)5-7-16(18)24/h3-7,9-10,12H,1,8,11H2,2H3,(H,26,33)(H,27,32). The lowest BCUT2D eigenvalue weighted by molar-refractivity contribution is -0.384. The number of hydrogen-bond donors (Lipinski definition) is 2. The Kier molecular flexibility index (Phi) is 9.32. The molecule has 0 saturated heterocycles. The fourth-order valence-electron chi connectivity index (χ4n) is 3.08. The number of nitro groups is 1. The molecule has 1 atom stereocenters. The van der Waals surface area contributed by atoms with Gasteiger partial charge in [0.1, 0.15) is 0 Å². The van der Waals surface area contributed by atoms with E-state index in [1.165, 1.54) is 30.3 Å². The lowest BCUT2D eigenvalue weighted by Gasteiger charge is -2.16. The molecule has 2 aromatic carbocycles. The number of non-ortho nitro benzene ring substituents is 1. The number of rotatable bonds is 10. The molecule has 0 fully saturated rings. The van der Waals surface area contributed by atoms with Gasteiger partial charge in [-0.25, -0.2) is 0 Å². The van der Waals surface area contributed by atoms with Crippen molar-refractivity contribution in [1.82, 2.24) is 20.1 Å². The van der Waals surface area contributed by atoms with E-state index in [2.05, 4.69) is 27.4 Å². The average Bonchev–Trinajstić information content (AvgIpc) is 3.21. The molecule has 188 valence electrons. The number of carbonyl (C=O) groups is 2. The molecule has 2 amide bonds. The number of nitro benzene ring substituents is 1. The van der Waals surface area contributed by atoms with E-state index >= 15 is 0 Å². The Morgan fingerprint density at radius 2 is 1.94 bits per heavy atom. The molecule has 0 radical (unpaired) electrons. The van der Waals surface area contributed by atoms with Gasteiger partial charge in [0.2, 0.25) is 5.91 Å². The summed E-state index contributed by atoms with van der Waals surface area (Å²) in [5.74, 6) is -0.497. The minimum atomic E-state index is -0.582. The van der Waals surface area contributed by atoms with E-state index < -0.39 is 22.8 Å². The van der Waals surface area contributed by atoms with Crippen molar-refractivity contribution in [2.75, 3.05) is 11.1 Å². The fourth-order valence-corrected chi connectivity index (χ4v) is 4.49. The first kappa shape index (κ1) is 27.5. The molecule has 36 heavy (non-hydrogen) atoms. The van der Waals surface area contributed by atoms with E-state index in [1.54, 1.807) is 23.6 Å². The molecule has 0 aliphatic carbocycles. The lowest BCUT2D eigenvalue weighted by atomic mass is 10.2. The quantitative estimate of drug-likeness (QED) is 0.141. The maximum atomic E-state index is 12.7. The van der Waals surface area contributed by atoms with Gasteiger partial charge in [-0.2, -0.15) is 0 Å². The number of aromatic nitrogens is 3. The Morgan fingerprint density at radius 1 is 1.19 bits per heavy atom. The number of thioether (sulfide) groups is 1. The molecule has 10 nitrogen and oxygen atoms in total. The number of allylic oxidation sites excluding steroid dienone is 1. The highest BCUT2D eigenvalue weighted by molar-refractivity contribution is 7.99. The zero-order chi connectivity index (χ0) is 26.4. The van der Waals surface area contributed by atoms with Crippen LogP contribution in [0.25, 0.3) is 0 Å². The van der Waals surface area contributed by atoms with Crippen LogP contribution in [0.2, 0.25) is 15.1 Å². The summed E-state index contributed by atoms with van der Waals surface area (Å²) in [6, 6.07) is 7.77. The molecule has 0 bridgehead atoms. The van der Waals surface area contributed by atoms with Crippen molar-refractivity contribution in [1.29, 1.82) is 0 Å². The highest BCUT2D eigenvalue weighted by Gasteiger charge is 2.22. The molecule has 3 rings (SSSR count). The third-order valence-corrected chi connectivity index (χ3v) is 6.58. The molecule has 0 spiro atoms. The van der Waals surface area contributed by atoms with Gasteiger partial charge in [-0.1, -0.05) is 52.6 Å². The van der Waals surface area contributed by atoms with Crippen LogP contribution in [0, 0.1) is 10.1 Å². The second-order valence-electron chi connectivity index (χ2n) is 7.32. The van der Waals surface area contributed by atoms with Crippen LogP contribution >= 0.6 is 46.6 Å². The van der Waals surface area contributed by atoms with Gasteiger partial charge >= 0.3 is 0 Å². The smallest absolute Gasteiger partial charge is 0.271 e. The first-order valence-electron chi connectivity index (χ1n) is 10.3. The zero-order valence-electron chi connectivity index (χ0n) is 18.7. The topological polar surface area (TPSA) is 132 Å². The number of nitrogens with zero attached hydrogens (tertiary/aromatic N) is 4. The number of anilines is 1. The third kappa shape index (κ3) is 6.76.